The van der Waals surface area contributed by atoms with Crippen LogP contribution in [0, 0.1) is 27.7 Å². The van der Waals surface area contributed by atoms with E-state index in [9.17, 15) is 0 Å². The van der Waals surface area contributed by atoms with Crippen LogP contribution in [0.1, 0.15) is 60.8 Å². The zero-order valence-corrected chi connectivity index (χ0v) is 24.5. The summed E-state index contributed by atoms with van der Waals surface area (Å²) in [5, 5.41) is 0. The van der Waals surface area contributed by atoms with Crippen LogP contribution in [-0.4, -0.2) is 0 Å². The lowest BCUT2D eigenvalue weighted by Gasteiger charge is -2.02. The molecule has 0 spiro atoms. The lowest BCUT2D eigenvalue weighted by Crippen LogP contribution is -2.33. The van der Waals surface area contributed by atoms with E-state index in [1.165, 1.54) is 60.8 Å². The van der Waals surface area contributed by atoms with Crippen molar-refractivity contribution < 1.29 is 9.13 Å². The maximum Gasteiger partial charge on any atom is 0.171 e. The van der Waals surface area contributed by atoms with Crippen molar-refractivity contribution in [3.05, 3.63) is 59.2 Å². The first-order chi connectivity index (χ1) is 11.6. The Bertz CT molecular complexity index is 605. The Morgan fingerprint density at radius 3 is 1.14 bits per heavy atom. The predicted molar refractivity (Wildman–Crippen MR) is 141 cm³/mol. The highest BCUT2D eigenvalue weighted by molar-refractivity contribution is 8.93. The fourth-order valence-corrected chi connectivity index (χ4v) is 3.04. The quantitative estimate of drug-likeness (QED) is 0.208. The Hall–Kier alpha value is 0.220. The molecule has 0 N–H and O–H groups in total. The summed E-state index contributed by atoms with van der Waals surface area (Å²) >= 11 is 0. The minimum atomic E-state index is 0. The van der Waals surface area contributed by atoms with Gasteiger partial charge in [-0.2, -0.15) is 0 Å². The summed E-state index contributed by atoms with van der Waals surface area (Å²) in [6.45, 7) is 11.0. The van der Waals surface area contributed by atoms with E-state index in [1.807, 2.05) is 0 Å². The minimum Gasteiger partial charge on any atom is -0.205 e. The van der Waals surface area contributed by atoms with E-state index >= 15 is 0 Å². The molecule has 28 heavy (non-hydrogen) atoms. The first-order valence-corrected chi connectivity index (χ1v) is 9.49. The van der Waals surface area contributed by atoms with Gasteiger partial charge >= 0.3 is 0 Å². The minimum absolute atomic E-state index is 0. The zero-order valence-electron chi connectivity index (χ0n) is 17.6. The van der Waals surface area contributed by atoms with Crippen LogP contribution in [0.4, 0.5) is 0 Å². The Labute approximate surface area is 214 Å². The van der Waals surface area contributed by atoms with E-state index in [0.29, 0.717) is 0 Å². The van der Waals surface area contributed by atoms with Crippen LogP contribution in [0.5, 0.6) is 0 Å². The molecule has 162 valence electrons. The standard InChI is InChI=1S/C22H34N2.4BrH/c1-19-11-15-23(17-21(19)3)13-9-7-5-6-8-10-14-24-16-12-20(2)22(4)18-24;;;;/h11-12,15-18H,5-10,13-14H2,1-4H3;4*1H/q+2;;;;. The van der Waals surface area contributed by atoms with Crippen molar-refractivity contribution in [3.8, 4) is 0 Å². The molecule has 2 nitrogen and oxygen atoms in total. The fourth-order valence-electron chi connectivity index (χ4n) is 3.04. The Morgan fingerprint density at radius 2 is 0.821 bits per heavy atom. The molecule has 0 aliphatic heterocycles. The van der Waals surface area contributed by atoms with Gasteiger partial charge in [-0.05, 0) is 51.7 Å². The van der Waals surface area contributed by atoms with Gasteiger partial charge in [0.05, 0.1) is 0 Å². The van der Waals surface area contributed by atoms with Gasteiger partial charge in [-0.3, -0.25) is 0 Å². The summed E-state index contributed by atoms with van der Waals surface area (Å²) in [4.78, 5) is 0. The first-order valence-electron chi connectivity index (χ1n) is 9.49. The van der Waals surface area contributed by atoms with Gasteiger partial charge in [0.1, 0.15) is 13.1 Å². The van der Waals surface area contributed by atoms with Crippen LogP contribution in [0.25, 0.3) is 0 Å². The molecular weight excluding hydrogens is 612 g/mol. The highest BCUT2D eigenvalue weighted by atomic mass is 79.9. The van der Waals surface area contributed by atoms with Crippen molar-refractivity contribution in [1.82, 2.24) is 0 Å². The molecule has 2 aromatic rings. The normalized spacial score (nSPS) is 9.43. The molecule has 0 aliphatic carbocycles. The number of aryl methyl sites for hydroxylation is 6. The summed E-state index contributed by atoms with van der Waals surface area (Å²) in [6.07, 6.45) is 17.0. The maximum atomic E-state index is 2.33. The topological polar surface area (TPSA) is 7.76 Å². The van der Waals surface area contributed by atoms with Crippen LogP contribution in [0.2, 0.25) is 0 Å². The van der Waals surface area contributed by atoms with Gasteiger partial charge in [0, 0.05) is 36.1 Å². The molecule has 2 aromatic heterocycles. The van der Waals surface area contributed by atoms with E-state index < -0.39 is 0 Å². The summed E-state index contributed by atoms with van der Waals surface area (Å²) in [5.74, 6) is 0. The summed E-state index contributed by atoms with van der Waals surface area (Å²) in [7, 11) is 0. The second-order valence-corrected chi connectivity index (χ2v) is 7.22. The first kappa shape index (κ1) is 32.9. The van der Waals surface area contributed by atoms with Gasteiger partial charge in [0.25, 0.3) is 0 Å². The van der Waals surface area contributed by atoms with Crippen LogP contribution in [-0.2, 0) is 13.1 Å². The summed E-state index contributed by atoms with van der Waals surface area (Å²) in [6, 6.07) is 4.44. The molecule has 0 aliphatic rings. The molecule has 0 aromatic carbocycles. The highest BCUT2D eigenvalue weighted by Crippen LogP contribution is 2.07. The number of hydrogen-bond acceptors (Lipinski definition) is 0. The predicted octanol–water partition coefficient (Wildman–Crippen LogP) is 6.85. The van der Waals surface area contributed by atoms with Crippen molar-refractivity contribution in [2.45, 2.75) is 79.3 Å². The van der Waals surface area contributed by atoms with Crippen LogP contribution in [0.15, 0.2) is 36.9 Å². The number of rotatable bonds is 9. The van der Waals surface area contributed by atoms with Crippen LogP contribution >= 0.6 is 67.9 Å². The third-order valence-corrected chi connectivity index (χ3v) is 5.08. The van der Waals surface area contributed by atoms with E-state index in [-0.39, 0.29) is 67.9 Å². The van der Waals surface area contributed by atoms with Gasteiger partial charge in [-0.25, -0.2) is 9.13 Å². The second-order valence-electron chi connectivity index (χ2n) is 7.22. The van der Waals surface area contributed by atoms with Gasteiger partial charge in [-0.1, -0.05) is 12.8 Å². The van der Waals surface area contributed by atoms with Crippen molar-refractivity contribution in [3.63, 3.8) is 0 Å². The number of pyridine rings is 2. The molecule has 0 radical (unpaired) electrons. The van der Waals surface area contributed by atoms with Crippen molar-refractivity contribution in [2.75, 3.05) is 0 Å². The highest BCUT2D eigenvalue weighted by Gasteiger charge is 2.04. The van der Waals surface area contributed by atoms with Gasteiger partial charge < -0.3 is 0 Å². The monoisotopic (exact) mass is 646 g/mol. The molecule has 0 unspecified atom stereocenters. The third kappa shape index (κ3) is 12.0. The van der Waals surface area contributed by atoms with E-state index in [1.54, 1.807) is 0 Å². The molecule has 0 amide bonds. The number of halogens is 4. The van der Waals surface area contributed by atoms with E-state index in [0.717, 1.165) is 13.1 Å². The lowest BCUT2D eigenvalue weighted by molar-refractivity contribution is -0.698. The van der Waals surface area contributed by atoms with Gasteiger partial charge in [0.15, 0.2) is 24.8 Å². The lowest BCUT2D eigenvalue weighted by atomic mass is 10.1. The van der Waals surface area contributed by atoms with Crippen molar-refractivity contribution >= 4 is 67.9 Å². The molecular formula is C22H38Br4N2+2. The number of hydrogen-bond donors (Lipinski definition) is 0. The number of nitrogens with zero attached hydrogens (tertiary/aromatic N) is 2. The molecule has 0 atom stereocenters. The van der Waals surface area contributed by atoms with Crippen molar-refractivity contribution in [2.24, 2.45) is 0 Å². The number of aromatic nitrogens is 2. The second kappa shape index (κ2) is 18.0. The SMILES string of the molecule is Br.Br.Br.Br.Cc1cc[n+](CCCCCCCC[n+]2ccc(C)c(C)c2)cc1C. The van der Waals surface area contributed by atoms with Crippen molar-refractivity contribution in [1.29, 1.82) is 0 Å². The van der Waals surface area contributed by atoms with E-state index in [2.05, 4.69) is 73.7 Å². The number of unbranched alkanes of at least 4 members (excludes halogenated alkanes) is 5. The molecule has 2 rings (SSSR count). The molecule has 0 saturated carbocycles. The Balaban J connectivity index is -0.00000156. The summed E-state index contributed by atoms with van der Waals surface area (Å²) < 4.78 is 4.66. The van der Waals surface area contributed by atoms with Crippen LogP contribution < -0.4 is 9.13 Å². The smallest absolute Gasteiger partial charge is 0.171 e. The van der Waals surface area contributed by atoms with Gasteiger partial charge in [-0.15, -0.1) is 67.9 Å². The van der Waals surface area contributed by atoms with E-state index in [4.69, 9.17) is 0 Å². The molecule has 6 heteroatoms. The van der Waals surface area contributed by atoms with Gasteiger partial charge in [0.2, 0.25) is 0 Å². The molecule has 2 heterocycles. The van der Waals surface area contributed by atoms with Crippen LogP contribution in [0.3, 0.4) is 0 Å². The average molecular weight is 650 g/mol. The average Bonchev–Trinajstić information content (AvgIpc) is 2.56. The third-order valence-electron chi connectivity index (χ3n) is 5.08. The Morgan fingerprint density at radius 1 is 0.500 bits per heavy atom. The summed E-state index contributed by atoms with van der Waals surface area (Å²) in [5.41, 5.74) is 5.54. The molecule has 0 bridgehead atoms. The fraction of sp³-hybridized carbons (Fsp3) is 0.545. The largest absolute Gasteiger partial charge is 0.205 e. The zero-order chi connectivity index (χ0) is 17.4. The Kier molecular flexibility index (Phi) is 21.2. The molecule has 0 fully saturated rings. The maximum absolute atomic E-state index is 2.33. The molecule has 0 saturated heterocycles.